The van der Waals surface area contributed by atoms with Gasteiger partial charge in [-0.15, -0.1) is 0 Å². The number of hydrogen-bond acceptors (Lipinski definition) is 3. The van der Waals surface area contributed by atoms with E-state index >= 15 is 0 Å². The molecule has 0 radical (unpaired) electrons. The Labute approximate surface area is 124 Å². The Kier molecular flexibility index (Phi) is 2.34. The van der Waals surface area contributed by atoms with Crippen LogP contribution in [0, 0.1) is 11.8 Å². The second kappa shape index (κ2) is 3.80. The highest BCUT2D eigenvalue weighted by Gasteiger charge is 2.66. The van der Waals surface area contributed by atoms with Crippen molar-refractivity contribution in [1.29, 1.82) is 0 Å². The van der Waals surface area contributed by atoms with E-state index in [0.29, 0.717) is 5.69 Å². The minimum atomic E-state index is -0.641. The first-order valence-electron chi connectivity index (χ1n) is 6.52. The number of hydrogen-bond donors (Lipinski definition) is 0. The van der Waals surface area contributed by atoms with Crippen molar-refractivity contribution in [2.24, 2.45) is 11.8 Å². The number of fused-ring (bicyclic) bond motifs is 5. The fraction of sp³-hybridized carbons (Fsp3) is 0.333. The molecule has 0 aromatic heterocycles. The van der Waals surface area contributed by atoms with E-state index in [4.69, 9.17) is 4.74 Å². The van der Waals surface area contributed by atoms with Crippen molar-refractivity contribution in [1.82, 2.24) is 0 Å². The van der Waals surface area contributed by atoms with Crippen LogP contribution in [0.5, 0.6) is 0 Å². The van der Waals surface area contributed by atoms with Crippen LogP contribution < -0.4 is 4.90 Å². The zero-order chi connectivity index (χ0) is 14.1. The number of halogens is 1. The van der Waals surface area contributed by atoms with E-state index in [1.807, 2.05) is 37.3 Å². The first-order chi connectivity index (χ1) is 9.53. The van der Waals surface area contributed by atoms with Crippen LogP contribution >= 0.6 is 15.9 Å². The van der Waals surface area contributed by atoms with Crippen molar-refractivity contribution in [3.8, 4) is 0 Å². The maximum absolute atomic E-state index is 12.7. The molecular formula is C15H12BrNO3. The van der Waals surface area contributed by atoms with Crippen molar-refractivity contribution >= 4 is 33.4 Å². The minimum Gasteiger partial charge on any atom is -0.362 e. The van der Waals surface area contributed by atoms with E-state index in [1.165, 1.54) is 4.90 Å². The number of rotatable bonds is 1. The predicted molar refractivity (Wildman–Crippen MR) is 76.0 cm³/mol. The van der Waals surface area contributed by atoms with Gasteiger partial charge in [0.05, 0.1) is 29.2 Å². The average Bonchev–Trinajstić information content (AvgIpc) is 3.01. The highest BCUT2D eigenvalue weighted by Crippen LogP contribution is 2.52. The van der Waals surface area contributed by atoms with Gasteiger partial charge in [0.2, 0.25) is 11.8 Å². The fourth-order valence-corrected chi connectivity index (χ4v) is 3.99. The van der Waals surface area contributed by atoms with Crippen molar-refractivity contribution in [3.63, 3.8) is 0 Å². The first-order valence-corrected chi connectivity index (χ1v) is 7.32. The molecule has 4 rings (SSSR count). The molecule has 0 spiro atoms. The van der Waals surface area contributed by atoms with E-state index in [2.05, 4.69) is 15.9 Å². The van der Waals surface area contributed by atoms with E-state index in [1.54, 1.807) is 6.07 Å². The molecule has 0 N–H and O–H groups in total. The number of carbonyl (C=O) groups excluding carboxylic acids is 2. The van der Waals surface area contributed by atoms with Crippen LogP contribution in [0.25, 0.3) is 0 Å². The molecule has 3 aliphatic heterocycles. The molecule has 2 bridgehead atoms. The zero-order valence-corrected chi connectivity index (χ0v) is 12.3. The van der Waals surface area contributed by atoms with Crippen LogP contribution in [0.2, 0.25) is 0 Å². The highest BCUT2D eigenvalue weighted by atomic mass is 79.9. The lowest BCUT2D eigenvalue weighted by Gasteiger charge is -2.24. The lowest BCUT2D eigenvalue weighted by molar-refractivity contribution is -0.126. The number of para-hydroxylation sites is 1. The van der Waals surface area contributed by atoms with Gasteiger partial charge in [-0.2, -0.15) is 0 Å². The molecule has 2 saturated heterocycles. The molecule has 3 aliphatic rings. The molecule has 0 saturated carbocycles. The topological polar surface area (TPSA) is 46.6 Å². The highest BCUT2D eigenvalue weighted by molar-refractivity contribution is 9.10. The predicted octanol–water partition coefficient (Wildman–Crippen LogP) is 2.28. The van der Waals surface area contributed by atoms with E-state index in [-0.39, 0.29) is 23.8 Å². The standard InChI is InChI=1S/C15H12BrNO3/c1-15-7-6-10(20-15)11-12(15)14(19)17(13(11)18)9-5-3-2-4-8(9)16/h2-7,10-12H,1H3/t10-,11+,12-,15+/m1/s1. The van der Waals surface area contributed by atoms with Crippen LogP contribution in [0.4, 0.5) is 5.69 Å². The number of benzene rings is 1. The van der Waals surface area contributed by atoms with Crippen molar-refractivity contribution in [2.75, 3.05) is 4.90 Å². The van der Waals surface area contributed by atoms with E-state index < -0.39 is 11.5 Å². The number of carbonyl (C=O) groups is 2. The monoisotopic (exact) mass is 333 g/mol. The molecule has 5 heteroatoms. The molecule has 1 aromatic rings. The zero-order valence-electron chi connectivity index (χ0n) is 10.7. The van der Waals surface area contributed by atoms with Crippen LogP contribution in [-0.4, -0.2) is 23.5 Å². The summed E-state index contributed by atoms with van der Waals surface area (Å²) in [6.07, 6.45) is 3.54. The van der Waals surface area contributed by atoms with Crippen LogP contribution in [0.3, 0.4) is 0 Å². The van der Waals surface area contributed by atoms with Crippen molar-refractivity contribution < 1.29 is 14.3 Å². The van der Waals surface area contributed by atoms with Gasteiger partial charge in [-0.05, 0) is 35.0 Å². The summed E-state index contributed by atoms with van der Waals surface area (Å²) in [5.74, 6) is -1.12. The Hall–Kier alpha value is -1.46. The molecule has 4 atom stereocenters. The molecular weight excluding hydrogens is 322 g/mol. The van der Waals surface area contributed by atoms with Crippen molar-refractivity contribution in [2.45, 2.75) is 18.6 Å². The Balaban J connectivity index is 1.82. The number of imide groups is 1. The van der Waals surface area contributed by atoms with Gasteiger partial charge >= 0.3 is 0 Å². The summed E-state index contributed by atoms with van der Waals surface area (Å²) in [6.45, 7) is 1.88. The number of nitrogens with zero attached hydrogens (tertiary/aromatic N) is 1. The van der Waals surface area contributed by atoms with Crippen LogP contribution in [0.15, 0.2) is 40.9 Å². The van der Waals surface area contributed by atoms with Gasteiger partial charge in [-0.1, -0.05) is 24.3 Å². The normalized spacial score (nSPS) is 37.9. The molecule has 2 fully saturated rings. The molecule has 1 aromatic carbocycles. The Morgan fingerprint density at radius 1 is 1.25 bits per heavy atom. The molecule has 102 valence electrons. The van der Waals surface area contributed by atoms with Crippen LogP contribution in [0.1, 0.15) is 6.92 Å². The number of ether oxygens (including phenoxy) is 1. The Morgan fingerprint density at radius 2 is 2.00 bits per heavy atom. The lowest BCUT2D eigenvalue weighted by Crippen LogP contribution is -2.38. The summed E-state index contributed by atoms with van der Waals surface area (Å²) in [5.41, 5.74) is -0.0298. The van der Waals surface area contributed by atoms with Crippen molar-refractivity contribution in [3.05, 3.63) is 40.9 Å². The summed E-state index contributed by atoms with van der Waals surface area (Å²) in [6, 6.07) is 7.28. The second-order valence-electron chi connectivity index (χ2n) is 5.59. The molecule has 0 unspecified atom stereocenters. The lowest BCUT2D eigenvalue weighted by atomic mass is 9.78. The largest absolute Gasteiger partial charge is 0.362 e. The molecule has 4 nitrogen and oxygen atoms in total. The quantitative estimate of drug-likeness (QED) is 0.585. The third kappa shape index (κ3) is 1.34. The first kappa shape index (κ1) is 12.3. The van der Waals surface area contributed by atoms with Gasteiger partial charge in [0.25, 0.3) is 0 Å². The van der Waals surface area contributed by atoms with E-state index in [0.717, 1.165) is 4.47 Å². The molecule has 3 heterocycles. The molecule has 0 aliphatic carbocycles. The maximum atomic E-state index is 12.7. The number of anilines is 1. The Morgan fingerprint density at radius 3 is 2.70 bits per heavy atom. The van der Waals surface area contributed by atoms with Gasteiger partial charge in [0, 0.05) is 4.47 Å². The van der Waals surface area contributed by atoms with Gasteiger partial charge in [-0.3, -0.25) is 9.59 Å². The SMILES string of the molecule is C[C@@]12C=C[C@@H](O1)[C@@H]1C(=O)N(c3ccccc3Br)C(=O)[C@@H]12. The smallest absolute Gasteiger partial charge is 0.241 e. The van der Waals surface area contributed by atoms with Gasteiger partial charge in [-0.25, -0.2) is 4.90 Å². The molecule has 20 heavy (non-hydrogen) atoms. The summed E-state index contributed by atoms with van der Waals surface area (Å²) in [5, 5.41) is 0. The second-order valence-corrected chi connectivity index (χ2v) is 6.45. The average molecular weight is 334 g/mol. The summed E-state index contributed by atoms with van der Waals surface area (Å²) in [4.78, 5) is 26.7. The van der Waals surface area contributed by atoms with Gasteiger partial charge < -0.3 is 4.74 Å². The fourth-order valence-electron chi connectivity index (χ4n) is 3.52. The molecule has 2 amide bonds. The summed E-state index contributed by atoms with van der Waals surface area (Å²) < 4.78 is 6.53. The van der Waals surface area contributed by atoms with Gasteiger partial charge in [0.15, 0.2) is 0 Å². The minimum absolute atomic E-state index is 0.162. The third-order valence-electron chi connectivity index (χ3n) is 4.42. The van der Waals surface area contributed by atoms with Crippen LogP contribution in [-0.2, 0) is 14.3 Å². The van der Waals surface area contributed by atoms with E-state index in [9.17, 15) is 9.59 Å². The summed E-state index contributed by atoms with van der Waals surface area (Å²) in [7, 11) is 0. The Bertz CT molecular complexity index is 671. The number of amides is 2. The third-order valence-corrected chi connectivity index (χ3v) is 5.09. The summed E-state index contributed by atoms with van der Waals surface area (Å²) >= 11 is 3.41. The maximum Gasteiger partial charge on any atom is 0.241 e. The van der Waals surface area contributed by atoms with Gasteiger partial charge in [0.1, 0.15) is 0 Å².